The summed E-state index contributed by atoms with van der Waals surface area (Å²) in [5.41, 5.74) is -5.25. The van der Waals surface area contributed by atoms with E-state index in [1.807, 2.05) is 0 Å². The van der Waals surface area contributed by atoms with Crippen LogP contribution in [0.5, 0.6) is 17.2 Å². The smallest absolute Gasteiger partial charge is 0.417 e. The van der Waals surface area contributed by atoms with E-state index in [1.165, 1.54) is 25.3 Å². The predicted octanol–water partition coefficient (Wildman–Crippen LogP) is 1.16. The Hall–Kier alpha value is -3.63. The fourth-order valence-electron chi connectivity index (χ4n) is 5.52. The number of carbonyl (C=O) groups excluding carboxylic acids is 3. The van der Waals surface area contributed by atoms with Gasteiger partial charge < -0.3 is 44.5 Å². The number of carbonyl (C=O) groups is 3. The van der Waals surface area contributed by atoms with E-state index in [1.54, 1.807) is 0 Å². The van der Waals surface area contributed by atoms with Gasteiger partial charge >= 0.3 is 6.18 Å². The van der Waals surface area contributed by atoms with Crippen molar-refractivity contribution >= 4 is 17.9 Å². The van der Waals surface area contributed by atoms with Crippen LogP contribution in [0.2, 0.25) is 0 Å². The number of hydrogen-bond acceptors (Lipinski definition) is 11. The molecule has 1 fully saturated rings. The van der Waals surface area contributed by atoms with Gasteiger partial charge in [-0.3, -0.25) is 9.59 Å². The van der Waals surface area contributed by atoms with Crippen molar-refractivity contribution in [3.05, 3.63) is 51.6 Å². The average Bonchev–Trinajstić information content (AvgIpc) is 2.92. The molecule has 1 aliphatic heterocycles. The van der Waals surface area contributed by atoms with E-state index in [-0.39, 0.29) is 23.2 Å². The highest BCUT2D eigenvalue weighted by atomic mass is 19.4. The molecule has 41 heavy (non-hydrogen) atoms. The number of fused-ring (bicyclic) bond motifs is 3. The van der Waals surface area contributed by atoms with Crippen LogP contribution in [-0.2, 0) is 20.7 Å². The first-order valence-corrected chi connectivity index (χ1v) is 12.1. The molecular formula is C26H22F4O11. The lowest BCUT2D eigenvalue weighted by molar-refractivity contribution is -0.353. The number of aldehydes is 1. The van der Waals surface area contributed by atoms with Gasteiger partial charge in [0.2, 0.25) is 5.78 Å². The Bertz CT molecular complexity index is 1460. The van der Waals surface area contributed by atoms with Crippen LogP contribution in [0.15, 0.2) is 18.2 Å². The number of halogens is 4. The lowest BCUT2D eigenvalue weighted by Crippen LogP contribution is -2.61. The zero-order valence-electron chi connectivity index (χ0n) is 20.9. The summed E-state index contributed by atoms with van der Waals surface area (Å²) in [5.74, 6) is -3.87. The summed E-state index contributed by atoms with van der Waals surface area (Å²) in [6.45, 7) is 0. The summed E-state index contributed by atoms with van der Waals surface area (Å²) in [6, 6.07) is 4.03. The normalized spacial score (nSPS) is 31.2. The molecule has 5 unspecified atom stereocenters. The van der Waals surface area contributed by atoms with E-state index < -0.39 is 107 Å². The topological polar surface area (TPSA) is 180 Å². The number of phenols is 2. The second-order valence-electron chi connectivity index (χ2n) is 10.00. The third kappa shape index (κ3) is 4.35. The van der Waals surface area contributed by atoms with E-state index in [9.17, 15) is 57.5 Å². The predicted molar refractivity (Wildman–Crippen MR) is 124 cm³/mol. The number of rotatable bonds is 4. The van der Waals surface area contributed by atoms with Gasteiger partial charge in [0.1, 0.15) is 35.1 Å². The molecule has 7 atom stereocenters. The van der Waals surface area contributed by atoms with Crippen LogP contribution < -0.4 is 4.74 Å². The molecule has 1 saturated heterocycles. The quantitative estimate of drug-likeness (QED) is 0.168. The van der Waals surface area contributed by atoms with Crippen LogP contribution in [0.1, 0.15) is 55.5 Å². The Kier molecular flexibility index (Phi) is 6.86. The van der Waals surface area contributed by atoms with Crippen molar-refractivity contribution in [2.45, 2.75) is 61.5 Å². The van der Waals surface area contributed by atoms with Crippen molar-refractivity contribution in [2.75, 3.05) is 7.11 Å². The number of ketones is 2. The zero-order chi connectivity index (χ0) is 30.2. The molecule has 0 amide bonds. The number of phenolic OH excluding ortho intramolecular Hbond substituents is 2. The number of benzene rings is 2. The first-order valence-electron chi connectivity index (χ1n) is 12.1. The van der Waals surface area contributed by atoms with Crippen LogP contribution in [0.4, 0.5) is 17.6 Å². The van der Waals surface area contributed by atoms with Crippen molar-refractivity contribution in [3.63, 3.8) is 0 Å². The molecule has 0 aromatic heterocycles. The van der Waals surface area contributed by atoms with Crippen molar-refractivity contribution in [2.24, 2.45) is 0 Å². The van der Waals surface area contributed by atoms with Crippen LogP contribution >= 0.6 is 0 Å². The molecule has 11 nitrogen and oxygen atoms in total. The van der Waals surface area contributed by atoms with E-state index in [4.69, 9.17) is 9.47 Å². The maximum absolute atomic E-state index is 14.9. The van der Waals surface area contributed by atoms with Crippen molar-refractivity contribution in [1.29, 1.82) is 0 Å². The highest BCUT2D eigenvalue weighted by Gasteiger charge is 2.57. The lowest BCUT2D eigenvalue weighted by atomic mass is 9.73. The van der Waals surface area contributed by atoms with Crippen LogP contribution in [0.3, 0.4) is 0 Å². The average molecular weight is 586 g/mol. The van der Waals surface area contributed by atoms with Gasteiger partial charge in [-0.25, -0.2) is 4.39 Å². The van der Waals surface area contributed by atoms with Gasteiger partial charge in [-0.2, -0.15) is 13.2 Å². The first kappa shape index (κ1) is 28.9. The van der Waals surface area contributed by atoms with Gasteiger partial charge in [0.25, 0.3) is 0 Å². The minimum atomic E-state index is -5.28. The summed E-state index contributed by atoms with van der Waals surface area (Å²) in [5, 5.41) is 52.9. The molecule has 1 heterocycles. The molecule has 2 aliphatic carbocycles. The van der Waals surface area contributed by atoms with Crippen molar-refractivity contribution in [3.8, 4) is 17.2 Å². The third-order valence-electron chi connectivity index (χ3n) is 7.47. The SMILES string of the molecule is COc1cccc2c1C(=O)c1c(O)c3c(c(O)c1C2=O)C[C@@](O)(C=O)C[C@@H]3OC1OC(C(F)(F)F)C(O)C(O)C1F. The second kappa shape index (κ2) is 9.73. The molecule has 0 radical (unpaired) electrons. The number of aliphatic hydroxyl groups is 3. The van der Waals surface area contributed by atoms with Crippen LogP contribution in [0, 0.1) is 0 Å². The molecule has 0 saturated carbocycles. The fraction of sp³-hybridized carbons (Fsp3) is 0.423. The molecule has 3 aliphatic rings. The first-order chi connectivity index (χ1) is 19.1. The molecule has 5 N–H and O–H groups in total. The number of ether oxygens (including phenoxy) is 3. The van der Waals surface area contributed by atoms with Gasteiger partial charge in [-0.1, -0.05) is 12.1 Å². The Balaban J connectivity index is 1.66. The molecular weight excluding hydrogens is 564 g/mol. The summed E-state index contributed by atoms with van der Waals surface area (Å²) >= 11 is 0. The number of alkyl halides is 4. The summed E-state index contributed by atoms with van der Waals surface area (Å²) in [6.07, 6.45) is -22.6. The Morgan fingerprint density at radius 3 is 2.32 bits per heavy atom. The molecule has 2 aromatic rings. The molecule has 220 valence electrons. The summed E-state index contributed by atoms with van der Waals surface area (Å²) in [7, 11) is 1.22. The fourth-order valence-corrected chi connectivity index (χ4v) is 5.52. The van der Waals surface area contributed by atoms with Crippen LogP contribution in [-0.4, -0.2) is 93.0 Å². The Morgan fingerprint density at radius 2 is 1.71 bits per heavy atom. The molecule has 5 rings (SSSR count). The number of hydrogen-bond donors (Lipinski definition) is 5. The van der Waals surface area contributed by atoms with Crippen LogP contribution in [0.25, 0.3) is 0 Å². The third-order valence-corrected chi connectivity index (χ3v) is 7.47. The largest absolute Gasteiger partial charge is 0.507 e. The van der Waals surface area contributed by atoms with E-state index >= 15 is 0 Å². The summed E-state index contributed by atoms with van der Waals surface area (Å²) < 4.78 is 70.2. The number of aromatic hydroxyl groups is 2. The van der Waals surface area contributed by atoms with Gasteiger partial charge in [-0.15, -0.1) is 0 Å². The lowest BCUT2D eigenvalue weighted by Gasteiger charge is -2.43. The number of methoxy groups -OCH3 is 1. The van der Waals surface area contributed by atoms with Gasteiger partial charge in [0, 0.05) is 29.5 Å². The zero-order valence-corrected chi connectivity index (χ0v) is 20.9. The maximum atomic E-state index is 14.9. The van der Waals surface area contributed by atoms with Gasteiger partial charge in [0.15, 0.2) is 30.6 Å². The molecule has 15 heteroatoms. The highest BCUT2D eigenvalue weighted by molar-refractivity contribution is 6.31. The second-order valence-corrected chi connectivity index (χ2v) is 10.00. The van der Waals surface area contributed by atoms with Crippen molar-refractivity contribution < 1.29 is 71.7 Å². The standard InChI is InChI=1S/C26H22F4O11/c1-39-10-4-2-3-8-12(10)19(34)15-14(17(8)32)18(33)9-5-25(38,7-31)6-11(13(9)20(15)35)40-24-16(27)21(36)22(37)23(41-24)26(28,29)30/h2-4,7,11,16,21-24,33,35-38H,5-6H2,1H3/t11-,16?,21?,22?,23?,24?,25-/m0/s1. The monoisotopic (exact) mass is 586 g/mol. The molecule has 0 bridgehead atoms. The minimum Gasteiger partial charge on any atom is -0.507 e. The van der Waals surface area contributed by atoms with E-state index in [0.717, 1.165) is 0 Å². The molecule has 2 aromatic carbocycles. The van der Waals surface area contributed by atoms with E-state index in [0.29, 0.717) is 0 Å². The minimum absolute atomic E-state index is 0.0150. The Labute approximate surface area is 227 Å². The van der Waals surface area contributed by atoms with E-state index in [2.05, 4.69) is 4.74 Å². The van der Waals surface area contributed by atoms with Crippen molar-refractivity contribution in [1.82, 2.24) is 0 Å². The summed E-state index contributed by atoms with van der Waals surface area (Å²) in [4.78, 5) is 38.7. The van der Waals surface area contributed by atoms with Gasteiger partial charge in [-0.05, 0) is 6.07 Å². The number of aliphatic hydroxyl groups excluding tert-OH is 2. The maximum Gasteiger partial charge on any atom is 0.417 e. The van der Waals surface area contributed by atoms with Gasteiger partial charge in [0.05, 0.1) is 29.9 Å². The molecule has 0 spiro atoms. The highest BCUT2D eigenvalue weighted by Crippen LogP contribution is 2.52. The Morgan fingerprint density at radius 1 is 1.05 bits per heavy atom.